The van der Waals surface area contributed by atoms with E-state index in [4.69, 9.17) is 9.72 Å². The first-order valence-electron chi connectivity index (χ1n) is 10.2. The van der Waals surface area contributed by atoms with Crippen LogP contribution in [0, 0.1) is 0 Å². The molecule has 1 fully saturated rings. The molecule has 7 heteroatoms. The molecule has 0 amide bonds. The predicted molar refractivity (Wildman–Crippen MR) is 112 cm³/mol. The zero-order valence-electron chi connectivity index (χ0n) is 17.1. The number of pyridine rings is 1. The molecule has 1 N–H and O–H groups in total. The minimum atomic E-state index is -2.71. The van der Waals surface area contributed by atoms with Gasteiger partial charge in [0.15, 0.2) is 0 Å². The molecule has 0 spiro atoms. The summed E-state index contributed by atoms with van der Waals surface area (Å²) < 4.78 is 33.9. The fraction of sp³-hybridized carbons (Fsp3) is 0.391. The number of hydrogen-bond donors (Lipinski definition) is 1. The number of fused-ring (bicyclic) bond motifs is 1. The van der Waals surface area contributed by atoms with Gasteiger partial charge in [0, 0.05) is 25.6 Å². The number of benzene rings is 1. The second-order valence-electron chi connectivity index (χ2n) is 8.69. The number of H-pyrrole nitrogens is 1. The lowest BCUT2D eigenvalue weighted by Crippen LogP contribution is -2.31. The molecular formula is C23H24F2N4O. The number of alkyl halides is 2. The number of hydrogen-bond acceptors (Lipinski definition) is 4. The minimum absolute atomic E-state index is 0.166. The Labute approximate surface area is 174 Å². The van der Waals surface area contributed by atoms with Crippen LogP contribution in [0.1, 0.15) is 31.7 Å². The van der Waals surface area contributed by atoms with Crippen molar-refractivity contribution in [1.82, 2.24) is 15.0 Å². The van der Waals surface area contributed by atoms with Crippen LogP contribution in [0.4, 0.5) is 14.6 Å². The van der Waals surface area contributed by atoms with Crippen molar-refractivity contribution in [3.63, 3.8) is 0 Å². The van der Waals surface area contributed by atoms with Crippen LogP contribution < -0.4 is 4.90 Å². The Bertz CT molecular complexity index is 1080. The summed E-state index contributed by atoms with van der Waals surface area (Å²) in [5.41, 5.74) is 4.28. The summed E-state index contributed by atoms with van der Waals surface area (Å²) in [7, 11) is 0. The third-order valence-corrected chi connectivity index (χ3v) is 5.79. The zero-order chi connectivity index (χ0) is 20.9. The highest BCUT2D eigenvalue weighted by Gasteiger charge is 2.40. The molecule has 156 valence electrons. The SMILES string of the molecule is CC1(C)Cc2nc(-c3c(-c4ccccc4)ccnc3N3CCC(F)(F)C3)[nH]c2CO1. The van der Waals surface area contributed by atoms with Gasteiger partial charge in [-0.2, -0.15) is 0 Å². The highest BCUT2D eigenvalue weighted by atomic mass is 19.3. The Kier molecular flexibility index (Phi) is 4.39. The van der Waals surface area contributed by atoms with Crippen LogP contribution in [0.5, 0.6) is 0 Å². The molecule has 0 radical (unpaired) electrons. The van der Waals surface area contributed by atoms with Crippen LogP contribution in [-0.2, 0) is 17.8 Å². The summed E-state index contributed by atoms with van der Waals surface area (Å²) >= 11 is 0. The third-order valence-electron chi connectivity index (χ3n) is 5.79. The maximum absolute atomic E-state index is 14.0. The molecule has 30 heavy (non-hydrogen) atoms. The summed E-state index contributed by atoms with van der Waals surface area (Å²) in [5, 5.41) is 0. The number of nitrogens with one attached hydrogen (secondary N) is 1. The second kappa shape index (κ2) is 6.87. The molecule has 4 heterocycles. The van der Waals surface area contributed by atoms with Crippen molar-refractivity contribution in [3.05, 3.63) is 54.0 Å². The molecule has 2 aromatic heterocycles. The number of nitrogens with zero attached hydrogens (tertiary/aromatic N) is 3. The van der Waals surface area contributed by atoms with Crippen molar-refractivity contribution >= 4 is 5.82 Å². The molecule has 1 saturated heterocycles. The average molecular weight is 410 g/mol. The number of aromatic nitrogens is 3. The van der Waals surface area contributed by atoms with E-state index < -0.39 is 5.92 Å². The van der Waals surface area contributed by atoms with Gasteiger partial charge in [-0.25, -0.2) is 18.7 Å². The van der Waals surface area contributed by atoms with Gasteiger partial charge in [-0.3, -0.25) is 0 Å². The maximum Gasteiger partial charge on any atom is 0.266 e. The van der Waals surface area contributed by atoms with E-state index in [1.165, 1.54) is 0 Å². The minimum Gasteiger partial charge on any atom is -0.369 e. The molecule has 0 atom stereocenters. The van der Waals surface area contributed by atoms with Gasteiger partial charge in [0.1, 0.15) is 11.6 Å². The topological polar surface area (TPSA) is 54.0 Å². The van der Waals surface area contributed by atoms with Crippen LogP contribution in [-0.4, -0.2) is 39.6 Å². The largest absolute Gasteiger partial charge is 0.369 e. The standard InChI is InChI=1S/C23H24F2N4O/c1-22(2)12-17-18(13-30-22)28-20(27-17)19-16(15-6-4-3-5-7-15)8-10-26-21(19)29-11-9-23(24,25)14-29/h3-8,10H,9,11-14H2,1-2H3,(H,27,28). The maximum atomic E-state index is 14.0. The van der Waals surface area contributed by atoms with Crippen LogP contribution in [0.2, 0.25) is 0 Å². The van der Waals surface area contributed by atoms with Gasteiger partial charge in [-0.05, 0) is 31.0 Å². The Balaban J connectivity index is 1.67. The lowest BCUT2D eigenvalue weighted by molar-refractivity contribution is -0.0422. The van der Waals surface area contributed by atoms with Gasteiger partial charge in [-0.15, -0.1) is 0 Å². The number of anilines is 1. The molecule has 3 aromatic rings. The fourth-order valence-electron chi connectivity index (χ4n) is 4.25. The quantitative estimate of drug-likeness (QED) is 0.672. The smallest absolute Gasteiger partial charge is 0.266 e. The van der Waals surface area contributed by atoms with E-state index in [2.05, 4.69) is 9.97 Å². The molecule has 0 aliphatic carbocycles. The normalized spacial score (nSPS) is 19.7. The molecule has 1 aromatic carbocycles. The molecule has 0 bridgehead atoms. The highest BCUT2D eigenvalue weighted by molar-refractivity contribution is 5.88. The molecule has 0 unspecified atom stereocenters. The second-order valence-corrected chi connectivity index (χ2v) is 8.69. The zero-order valence-corrected chi connectivity index (χ0v) is 17.1. The first-order chi connectivity index (χ1) is 14.3. The number of ether oxygens (including phenoxy) is 1. The van der Waals surface area contributed by atoms with E-state index >= 15 is 0 Å². The van der Waals surface area contributed by atoms with E-state index in [0.29, 0.717) is 24.7 Å². The molecular weight excluding hydrogens is 386 g/mol. The van der Waals surface area contributed by atoms with Crippen molar-refractivity contribution in [1.29, 1.82) is 0 Å². The van der Waals surface area contributed by atoms with Crippen molar-refractivity contribution in [3.8, 4) is 22.5 Å². The van der Waals surface area contributed by atoms with Crippen molar-refractivity contribution < 1.29 is 13.5 Å². The van der Waals surface area contributed by atoms with Crippen LogP contribution in [0.3, 0.4) is 0 Å². The number of imidazole rings is 1. The molecule has 5 nitrogen and oxygen atoms in total. The predicted octanol–water partition coefficient (Wildman–Crippen LogP) is 4.84. The van der Waals surface area contributed by atoms with Gasteiger partial charge in [-0.1, -0.05) is 30.3 Å². The van der Waals surface area contributed by atoms with Crippen LogP contribution >= 0.6 is 0 Å². The molecule has 2 aliphatic heterocycles. The summed E-state index contributed by atoms with van der Waals surface area (Å²) in [4.78, 5) is 14.5. The van der Waals surface area contributed by atoms with E-state index in [1.54, 1.807) is 11.1 Å². The lowest BCUT2D eigenvalue weighted by atomic mass is 9.99. The number of halogens is 2. The molecule has 5 rings (SSSR count). The van der Waals surface area contributed by atoms with E-state index in [-0.39, 0.29) is 25.1 Å². The third kappa shape index (κ3) is 3.47. The number of aromatic amines is 1. The lowest BCUT2D eigenvalue weighted by Gasteiger charge is -2.28. The van der Waals surface area contributed by atoms with Crippen molar-refractivity contribution in [2.24, 2.45) is 0 Å². The van der Waals surface area contributed by atoms with Gasteiger partial charge in [0.25, 0.3) is 5.92 Å². The summed E-state index contributed by atoms with van der Waals surface area (Å²) in [6, 6.07) is 11.8. The summed E-state index contributed by atoms with van der Waals surface area (Å²) in [5.74, 6) is -1.51. The summed E-state index contributed by atoms with van der Waals surface area (Å²) in [6.45, 7) is 4.47. The number of rotatable bonds is 3. The van der Waals surface area contributed by atoms with Gasteiger partial charge >= 0.3 is 0 Å². The first-order valence-corrected chi connectivity index (χ1v) is 10.2. The first kappa shape index (κ1) is 19.2. The van der Waals surface area contributed by atoms with E-state index in [9.17, 15) is 8.78 Å². The monoisotopic (exact) mass is 410 g/mol. The van der Waals surface area contributed by atoms with Crippen molar-refractivity contribution in [2.45, 2.75) is 44.8 Å². The Morgan fingerprint density at radius 2 is 1.93 bits per heavy atom. The highest BCUT2D eigenvalue weighted by Crippen LogP contribution is 2.41. The molecule has 0 saturated carbocycles. The molecule has 2 aliphatic rings. The average Bonchev–Trinajstić information content (AvgIpc) is 3.29. The summed E-state index contributed by atoms with van der Waals surface area (Å²) in [6.07, 6.45) is 2.21. The fourth-order valence-corrected chi connectivity index (χ4v) is 4.25. The Hall–Kier alpha value is -2.80. The van der Waals surface area contributed by atoms with Gasteiger partial charge < -0.3 is 14.6 Å². The van der Waals surface area contributed by atoms with E-state index in [1.807, 2.05) is 50.2 Å². The Morgan fingerprint density at radius 1 is 1.13 bits per heavy atom. The van der Waals surface area contributed by atoms with E-state index in [0.717, 1.165) is 28.1 Å². The van der Waals surface area contributed by atoms with Crippen LogP contribution in [0.15, 0.2) is 42.6 Å². The Morgan fingerprint density at radius 3 is 2.67 bits per heavy atom. The van der Waals surface area contributed by atoms with Crippen LogP contribution in [0.25, 0.3) is 22.5 Å². The van der Waals surface area contributed by atoms with Gasteiger partial charge in [0.2, 0.25) is 0 Å². The van der Waals surface area contributed by atoms with Crippen molar-refractivity contribution in [2.75, 3.05) is 18.0 Å². The van der Waals surface area contributed by atoms with Gasteiger partial charge in [0.05, 0.1) is 35.7 Å².